The molecule has 0 saturated heterocycles. The van der Waals surface area contributed by atoms with E-state index in [0.717, 1.165) is 5.56 Å². The Morgan fingerprint density at radius 2 is 1.70 bits per heavy atom. The van der Waals surface area contributed by atoms with Gasteiger partial charge in [0.25, 0.3) is 0 Å². The van der Waals surface area contributed by atoms with E-state index in [1.165, 1.54) is 30.3 Å². The summed E-state index contributed by atoms with van der Waals surface area (Å²) in [5, 5.41) is 19.1. The summed E-state index contributed by atoms with van der Waals surface area (Å²) in [6.07, 6.45) is 0.449. The molecular formula is C15H15O6PS. The van der Waals surface area contributed by atoms with Crippen LogP contribution in [0.5, 0.6) is 11.5 Å². The Morgan fingerprint density at radius 1 is 1.04 bits per heavy atom. The van der Waals surface area contributed by atoms with Crippen LogP contribution in [0.25, 0.3) is 0 Å². The number of carbonyl (C=O) groups is 1. The second-order valence-electron chi connectivity index (χ2n) is 4.82. The third-order valence-corrected chi connectivity index (χ3v) is 5.16. The van der Waals surface area contributed by atoms with Crippen LogP contribution in [0.2, 0.25) is 0 Å². The molecule has 0 atom stereocenters. The number of phenolic OH excluding ortho intramolecular Hbond substituents is 2. The van der Waals surface area contributed by atoms with Gasteiger partial charge in [-0.25, -0.2) is 4.57 Å². The molecule has 6 nitrogen and oxygen atoms in total. The Balaban J connectivity index is 2.18. The molecule has 2 aromatic carbocycles. The molecule has 122 valence electrons. The van der Waals surface area contributed by atoms with Crippen molar-refractivity contribution in [2.24, 2.45) is 0 Å². The number of rotatable bonds is 6. The molecular weight excluding hydrogens is 339 g/mol. The number of carbonyl (C=O) groups excluding carboxylic acids is 1. The Hall–Kier alpha value is -1.79. The summed E-state index contributed by atoms with van der Waals surface area (Å²) in [7, 11) is 0. The molecule has 0 aromatic heterocycles. The highest BCUT2D eigenvalue weighted by molar-refractivity contribution is 8.54. The fourth-order valence-electron chi connectivity index (χ4n) is 2.05. The van der Waals surface area contributed by atoms with Gasteiger partial charge in [0.05, 0.1) is 5.56 Å². The Kier molecular flexibility index (Phi) is 5.49. The minimum absolute atomic E-state index is 0.0500. The number of benzene rings is 2. The van der Waals surface area contributed by atoms with Crippen LogP contribution in [-0.4, -0.2) is 25.8 Å². The summed E-state index contributed by atoms with van der Waals surface area (Å²) in [5.74, 6) is -0.590. The molecule has 23 heavy (non-hydrogen) atoms. The zero-order valence-corrected chi connectivity index (χ0v) is 13.6. The van der Waals surface area contributed by atoms with Crippen LogP contribution in [0.1, 0.15) is 22.3 Å². The Bertz CT molecular complexity index is 753. The molecule has 0 fully saturated rings. The second kappa shape index (κ2) is 7.19. The molecule has 0 radical (unpaired) electrons. The average molecular weight is 354 g/mol. The SMILES string of the molecule is O=C(CCc1ccc(O)cc1)c1c(O)cccc1SP(=O)(O)O. The van der Waals surface area contributed by atoms with E-state index in [2.05, 4.69) is 0 Å². The number of ketones is 1. The van der Waals surface area contributed by atoms with E-state index in [1.807, 2.05) is 0 Å². The van der Waals surface area contributed by atoms with Gasteiger partial charge in [-0.05, 0) is 47.6 Å². The first-order valence-electron chi connectivity index (χ1n) is 6.64. The second-order valence-corrected chi connectivity index (χ2v) is 8.40. The van der Waals surface area contributed by atoms with Crippen LogP contribution in [0.4, 0.5) is 0 Å². The van der Waals surface area contributed by atoms with Crippen molar-refractivity contribution < 1.29 is 29.4 Å². The fraction of sp³-hybridized carbons (Fsp3) is 0.133. The number of aromatic hydroxyl groups is 2. The van der Waals surface area contributed by atoms with Crippen molar-refractivity contribution in [1.29, 1.82) is 0 Å². The first-order chi connectivity index (χ1) is 10.8. The third kappa shape index (κ3) is 5.11. The van der Waals surface area contributed by atoms with E-state index < -0.39 is 12.6 Å². The lowest BCUT2D eigenvalue weighted by molar-refractivity contribution is 0.0977. The normalized spacial score (nSPS) is 11.4. The van der Waals surface area contributed by atoms with Gasteiger partial charge in [0.2, 0.25) is 0 Å². The number of hydrogen-bond donors (Lipinski definition) is 4. The van der Waals surface area contributed by atoms with Crippen LogP contribution in [0.15, 0.2) is 47.4 Å². The van der Waals surface area contributed by atoms with Gasteiger partial charge in [0.1, 0.15) is 11.5 Å². The number of Topliss-reactive ketones (excluding diaryl/α,β-unsaturated/α-hetero) is 1. The fourth-order valence-corrected chi connectivity index (χ4v) is 3.98. The summed E-state index contributed by atoms with van der Waals surface area (Å²) in [6, 6.07) is 10.5. The lowest BCUT2D eigenvalue weighted by Crippen LogP contribution is -2.03. The molecule has 4 N–H and O–H groups in total. The molecule has 2 rings (SSSR count). The maximum absolute atomic E-state index is 12.3. The van der Waals surface area contributed by atoms with Gasteiger partial charge < -0.3 is 20.0 Å². The Labute approximate surface area is 136 Å². The Morgan fingerprint density at radius 3 is 2.30 bits per heavy atom. The van der Waals surface area contributed by atoms with Gasteiger partial charge in [-0.3, -0.25) is 4.79 Å². The lowest BCUT2D eigenvalue weighted by atomic mass is 10.0. The zero-order valence-electron chi connectivity index (χ0n) is 11.9. The summed E-state index contributed by atoms with van der Waals surface area (Å²) in [6.45, 7) is -4.43. The van der Waals surface area contributed by atoms with Crippen molar-refractivity contribution in [3.63, 3.8) is 0 Å². The van der Waals surface area contributed by atoms with Crippen molar-refractivity contribution in [1.82, 2.24) is 0 Å². The molecule has 8 heteroatoms. The number of aryl methyl sites for hydroxylation is 1. The van der Waals surface area contributed by atoms with Crippen molar-refractivity contribution in [3.8, 4) is 11.5 Å². The van der Waals surface area contributed by atoms with Crippen LogP contribution >= 0.6 is 18.2 Å². The van der Waals surface area contributed by atoms with E-state index in [9.17, 15) is 19.6 Å². The van der Waals surface area contributed by atoms with Gasteiger partial charge >= 0.3 is 6.80 Å². The van der Waals surface area contributed by atoms with Gasteiger partial charge in [0.15, 0.2) is 5.78 Å². The molecule has 0 spiro atoms. The van der Waals surface area contributed by atoms with Crippen molar-refractivity contribution >= 4 is 24.0 Å². The number of phenols is 2. The topological polar surface area (TPSA) is 115 Å². The van der Waals surface area contributed by atoms with Crippen LogP contribution in [0, 0.1) is 0 Å². The minimum Gasteiger partial charge on any atom is -0.508 e. The highest BCUT2D eigenvalue weighted by Crippen LogP contribution is 2.56. The number of hydrogen-bond acceptors (Lipinski definition) is 5. The molecule has 0 unspecified atom stereocenters. The van der Waals surface area contributed by atoms with Crippen LogP contribution < -0.4 is 0 Å². The largest absolute Gasteiger partial charge is 0.508 e. The maximum Gasteiger partial charge on any atom is 0.388 e. The van der Waals surface area contributed by atoms with Gasteiger partial charge in [0, 0.05) is 11.3 Å². The first-order valence-corrected chi connectivity index (χ1v) is 9.68. The predicted molar refractivity (Wildman–Crippen MR) is 86.8 cm³/mol. The molecule has 0 bridgehead atoms. The smallest absolute Gasteiger partial charge is 0.388 e. The van der Waals surface area contributed by atoms with Crippen molar-refractivity contribution in [3.05, 3.63) is 53.6 Å². The third-order valence-electron chi connectivity index (χ3n) is 3.08. The summed E-state index contributed by atoms with van der Waals surface area (Å²) < 4.78 is 11.1. The average Bonchev–Trinajstić information content (AvgIpc) is 2.45. The van der Waals surface area contributed by atoms with E-state index in [4.69, 9.17) is 9.79 Å². The molecule has 0 heterocycles. The maximum atomic E-state index is 12.3. The quantitative estimate of drug-likeness (QED) is 0.465. The van der Waals surface area contributed by atoms with E-state index in [1.54, 1.807) is 12.1 Å². The van der Waals surface area contributed by atoms with Gasteiger partial charge in [-0.15, -0.1) is 0 Å². The van der Waals surface area contributed by atoms with Crippen LogP contribution in [0.3, 0.4) is 0 Å². The van der Waals surface area contributed by atoms with E-state index in [-0.39, 0.29) is 39.8 Å². The van der Waals surface area contributed by atoms with E-state index in [0.29, 0.717) is 6.42 Å². The van der Waals surface area contributed by atoms with Gasteiger partial charge in [-0.1, -0.05) is 18.2 Å². The van der Waals surface area contributed by atoms with Gasteiger partial charge in [-0.2, -0.15) is 0 Å². The van der Waals surface area contributed by atoms with Crippen LogP contribution in [-0.2, 0) is 11.0 Å². The summed E-state index contributed by atoms with van der Waals surface area (Å²) in [4.78, 5) is 30.5. The molecule has 0 aliphatic carbocycles. The molecule has 2 aromatic rings. The minimum atomic E-state index is -4.43. The zero-order chi connectivity index (χ0) is 17.0. The summed E-state index contributed by atoms with van der Waals surface area (Å²) in [5.41, 5.74) is 0.746. The molecule has 0 aliphatic heterocycles. The highest BCUT2D eigenvalue weighted by atomic mass is 32.7. The molecule has 0 saturated carbocycles. The van der Waals surface area contributed by atoms with E-state index >= 15 is 0 Å². The molecule has 0 amide bonds. The molecule has 0 aliphatic rings. The van der Waals surface area contributed by atoms with Crippen molar-refractivity contribution in [2.45, 2.75) is 17.7 Å². The first kappa shape index (κ1) is 17.6. The standard InChI is InChI=1S/C15H15O6PS/c16-11-7-4-10(5-8-11)6-9-13(18)15-12(17)2-1-3-14(15)23-22(19,20)21/h1-5,7-8,16-17H,6,9H2,(H2,19,20,21). The summed E-state index contributed by atoms with van der Waals surface area (Å²) >= 11 is 0.246. The predicted octanol–water partition coefficient (Wildman–Crippen LogP) is 3.10. The van der Waals surface area contributed by atoms with Crippen molar-refractivity contribution in [2.75, 3.05) is 0 Å². The lowest BCUT2D eigenvalue weighted by Gasteiger charge is -2.11. The monoisotopic (exact) mass is 354 g/mol. The highest BCUT2D eigenvalue weighted by Gasteiger charge is 2.23.